The summed E-state index contributed by atoms with van der Waals surface area (Å²) < 4.78 is 3.90. The minimum absolute atomic E-state index is 0. The van der Waals surface area contributed by atoms with Crippen LogP contribution in [0.3, 0.4) is 0 Å². The Balaban J connectivity index is 0.00000342. The molecule has 178 valence electrons. The van der Waals surface area contributed by atoms with Crippen molar-refractivity contribution >= 4 is 22.7 Å². The van der Waals surface area contributed by atoms with Gasteiger partial charge in [0.05, 0.1) is 0 Å². The third kappa shape index (κ3) is 4.76. The fourth-order valence-electron chi connectivity index (χ4n) is 4.49. The summed E-state index contributed by atoms with van der Waals surface area (Å²) in [5.74, 6) is -0.115. The van der Waals surface area contributed by atoms with E-state index < -0.39 is 0 Å². The zero-order valence-electron chi connectivity index (χ0n) is 20.3. The predicted octanol–water partition coefficient (Wildman–Crippen LogP) is 4.57. The smallest absolute Gasteiger partial charge is 0.267 e. The maximum atomic E-state index is 13.7. The molecule has 0 saturated carbocycles. The molecule has 0 saturated heterocycles. The third-order valence-corrected chi connectivity index (χ3v) is 6.68. The average Bonchev–Trinajstić information content (AvgIpc) is 3.40. The Bertz CT molecular complexity index is 1310. The van der Waals surface area contributed by atoms with Gasteiger partial charge in [-0.05, 0) is 55.7 Å². The van der Waals surface area contributed by atoms with Crippen LogP contribution in [-0.2, 0) is 20.5 Å². The van der Waals surface area contributed by atoms with Crippen LogP contribution < -0.4 is 5.32 Å². The lowest BCUT2D eigenvalue weighted by atomic mass is 10.0. The van der Waals surface area contributed by atoms with Crippen LogP contribution in [0.25, 0.3) is 10.9 Å². The molecule has 0 spiro atoms. The van der Waals surface area contributed by atoms with Gasteiger partial charge in [-0.15, -0.1) is 0 Å². The molecular weight excluding hydrogens is 424 g/mol. The lowest BCUT2D eigenvalue weighted by molar-refractivity contribution is 0.0725. The van der Waals surface area contributed by atoms with Crippen LogP contribution in [0.5, 0.6) is 0 Å². The topological polar surface area (TPSA) is 59.3 Å². The molecule has 4 aromatic rings. The average molecular weight is 459 g/mol. The van der Waals surface area contributed by atoms with E-state index in [1.165, 1.54) is 0 Å². The number of likely N-dealkylation sites (N-methyl/N-ethyl adjacent to an activating group) is 1. The maximum Gasteiger partial charge on any atom is 0.267 e. The van der Waals surface area contributed by atoms with Gasteiger partial charge >= 0.3 is 0 Å². The van der Waals surface area contributed by atoms with Crippen molar-refractivity contribution in [2.75, 3.05) is 13.6 Å². The van der Waals surface area contributed by atoms with Crippen molar-refractivity contribution in [1.29, 1.82) is 0 Å². The Kier molecular flexibility index (Phi) is 6.87. The van der Waals surface area contributed by atoms with Gasteiger partial charge in [0.2, 0.25) is 0 Å². The van der Waals surface area contributed by atoms with Crippen LogP contribution in [0, 0.1) is 6.92 Å². The standard InChI is InChI=1S/C28H32N4O2.H2/c1-20-18-24-23(12-8-13-25(24)31(20)3)28(34)32(4)22(19-21-10-6-5-7-11-21)15-16-29-27(33)26-14-9-17-30(26)2;/h5-14,17-18,22H,15-16,19H2,1-4H3,(H,29,33);1H/t22-;/m1./s1. The summed E-state index contributed by atoms with van der Waals surface area (Å²) in [5, 5.41) is 3.98. The van der Waals surface area contributed by atoms with Gasteiger partial charge in [0.25, 0.3) is 11.8 Å². The Labute approximate surface area is 202 Å². The van der Waals surface area contributed by atoms with Gasteiger partial charge in [-0.2, -0.15) is 0 Å². The molecule has 0 radical (unpaired) electrons. The van der Waals surface area contributed by atoms with Crippen molar-refractivity contribution < 1.29 is 11.0 Å². The second-order valence-electron chi connectivity index (χ2n) is 8.89. The van der Waals surface area contributed by atoms with E-state index in [9.17, 15) is 9.59 Å². The van der Waals surface area contributed by atoms with E-state index >= 15 is 0 Å². The van der Waals surface area contributed by atoms with Crippen molar-refractivity contribution in [3.8, 4) is 0 Å². The molecule has 0 aliphatic rings. The number of carbonyl (C=O) groups is 2. The highest BCUT2D eigenvalue weighted by Crippen LogP contribution is 2.24. The van der Waals surface area contributed by atoms with Gasteiger partial charge in [-0.1, -0.05) is 36.4 Å². The summed E-state index contributed by atoms with van der Waals surface area (Å²) in [5.41, 5.74) is 4.65. The van der Waals surface area contributed by atoms with Gasteiger partial charge in [0, 0.05) is 63.5 Å². The van der Waals surface area contributed by atoms with E-state index in [1.54, 1.807) is 10.6 Å². The number of hydrogen-bond acceptors (Lipinski definition) is 2. The largest absolute Gasteiger partial charge is 0.351 e. The molecule has 0 bridgehead atoms. The van der Waals surface area contributed by atoms with Gasteiger partial charge in [0.1, 0.15) is 5.69 Å². The SMILES string of the molecule is Cc1cc2c(C(=O)N(C)[C@H](CCNC(=O)c3cccn3C)Cc3ccccc3)cccc2n1C.[HH]. The third-order valence-electron chi connectivity index (χ3n) is 6.68. The molecule has 0 aliphatic carbocycles. The highest BCUT2D eigenvalue weighted by atomic mass is 16.2. The number of hydrogen-bond donors (Lipinski definition) is 1. The normalized spacial score (nSPS) is 12.0. The van der Waals surface area contributed by atoms with Gasteiger partial charge in [0.15, 0.2) is 0 Å². The quantitative estimate of drug-likeness (QED) is 0.420. The van der Waals surface area contributed by atoms with Crippen LogP contribution in [0.1, 0.15) is 40.0 Å². The number of fused-ring (bicyclic) bond motifs is 1. The summed E-state index contributed by atoms with van der Waals surface area (Å²) in [6.07, 6.45) is 3.22. The molecule has 0 aliphatic heterocycles. The van der Waals surface area contributed by atoms with Gasteiger partial charge in [-0.3, -0.25) is 9.59 Å². The first-order valence-corrected chi connectivity index (χ1v) is 11.6. The van der Waals surface area contributed by atoms with Crippen molar-refractivity contribution in [2.45, 2.75) is 25.8 Å². The number of aryl methyl sites for hydroxylation is 3. The van der Waals surface area contributed by atoms with Crippen molar-refractivity contribution in [2.24, 2.45) is 14.1 Å². The minimum atomic E-state index is -0.107. The second kappa shape index (κ2) is 10.00. The highest BCUT2D eigenvalue weighted by molar-refractivity contribution is 6.06. The molecule has 34 heavy (non-hydrogen) atoms. The van der Waals surface area contributed by atoms with Crippen LogP contribution >= 0.6 is 0 Å². The number of nitrogens with one attached hydrogen (secondary N) is 1. The van der Waals surface area contributed by atoms with Crippen molar-refractivity contribution in [3.05, 3.63) is 95.4 Å². The Morgan fingerprint density at radius 3 is 2.50 bits per heavy atom. The first kappa shape index (κ1) is 23.4. The first-order chi connectivity index (χ1) is 16.4. The molecule has 2 heterocycles. The Morgan fingerprint density at radius 2 is 1.79 bits per heavy atom. The zero-order chi connectivity index (χ0) is 24.2. The van der Waals surface area contributed by atoms with E-state index in [-0.39, 0.29) is 19.3 Å². The Morgan fingerprint density at radius 1 is 1.03 bits per heavy atom. The van der Waals surface area contributed by atoms with E-state index in [1.807, 2.05) is 81.6 Å². The molecule has 4 rings (SSSR count). The summed E-state index contributed by atoms with van der Waals surface area (Å²) in [6.45, 7) is 2.53. The van der Waals surface area contributed by atoms with Crippen LogP contribution in [0.15, 0.2) is 72.9 Å². The molecule has 2 aromatic heterocycles. The van der Waals surface area contributed by atoms with E-state index in [0.717, 1.165) is 22.2 Å². The van der Waals surface area contributed by atoms with E-state index in [2.05, 4.69) is 28.1 Å². The first-order valence-electron chi connectivity index (χ1n) is 11.6. The van der Waals surface area contributed by atoms with Gasteiger partial charge in [-0.25, -0.2) is 0 Å². The number of rotatable bonds is 8. The van der Waals surface area contributed by atoms with Crippen molar-refractivity contribution in [3.63, 3.8) is 0 Å². The van der Waals surface area contributed by atoms with E-state index in [4.69, 9.17) is 0 Å². The fourth-order valence-corrected chi connectivity index (χ4v) is 4.49. The molecule has 0 unspecified atom stereocenters. The summed E-state index contributed by atoms with van der Waals surface area (Å²) >= 11 is 0. The number of benzene rings is 2. The lowest BCUT2D eigenvalue weighted by Crippen LogP contribution is -2.41. The molecule has 1 N–H and O–H groups in total. The van der Waals surface area contributed by atoms with Crippen LogP contribution in [0.4, 0.5) is 0 Å². The minimum Gasteiger partial charge on any atom is -0.351 e. The van der Waals surface area contributed by atoms with Gasteiger partial charge < -0.3 is 19.4 Å². The molecule has 2 amide bonds. The predicted molar refractivity (Wildman–Crippen MR) is 138 cm³/mol. The summed E-state index contributed by atoms with van der Waals surface area (Å²) in [7, 11) is 5.73. The summed E-state index contributed by atoms with van der Waals surface area (Å²) in [4.78, 5) is 28.1. The molecule has 1 atom stereocenters. The summed E-state index contributed by atoms with van der Waals surface area (Å²) in [6, 6.07) is 21.7. The van der Waals surface area contributed by atoms with E-state index in [0.29, 0.717) is 30.6 Å². The number of carbonyl (C=O) groups excluding carboxylic acids is 2. The monoisotopic (exact) mass is 458 g/mol. The highest BCUT2D eigenvalue weighted by Gasteiger charge is 2.24. The molecule has 6 nitrogen and oxygen atoms in total. The molecule has 6 heteroatoms. The fraction of sp³-hybridized carbons (Fsp3) is 0.286. The molecule has 2 aromatic carbocycles. The van der Waals surface area contributed by atoms with Crippen LogP contribution in [-0.4, -0.2) is 45.5 Å². The maximum absolute atomic E-state index is 13.7. The molecule has 0 fully saturated rings. The van der Waals surface area contributed by atoms with Crippen LogP contribution in [0.2, 0.25) is 0 Å². The lowest BCUT2D eigenvalue weighted by Gasteiger charge is -2.29. The number of aromatic nitrogens is 2. The Hall–Kier alpha value is -3.80. The zero-order valence-corrected chi connectivity index (χ0v) is 20.3. The van der Waals surface area contributed by atoms with Crippen molar-refractivity contribution in [1.82, 2.24) is 19.4 Å². The molecular formula is C28H34N4O2. The second-order valence-corrected chi connectivity index (χ2v) is 8.89. The number of amides is 2. The number of nitrogens with zero attached hydrogens (tertiary/aromatic N) is 3.